The summed E-state index contributed by atoms with van der Waals surface area (Å²) in [4.78, 5) is 15.9. The molecule has 0 aliphatic rings. The van der Waals surface area contributed by atoms with Gasteiger partial charge in [0.15, 0.2) is 5.82 Å². The van der Waals surface area contributed by atoms with E-state index < -0.39 is 0 Å². The molecule has 5 nitrogen and oxygen atoms in total. The number of aryl methyl sites for hydroxylation is 1. The first-order valence-electron chi connectivity index (χ1n) is 6.52. The predicted molar refractivity (Wildman–Crippen MR) is 69.2 cm³/mol. The normalized spacial score (nSPS) is 13.1. The lowest BCUT2D eigenvalue weighted by atomic mass is 10.1. The third kappa shape index (κ3) is 4.47. The Morgan fingerprint density at radius 1 is 1.28 bits per heavy atom. The fourth-order valence-electron chi connectivity index (χ4n) is 1.32. The molecule has 1 amide bonds. The van der Waals surface area contributed by atoms with Gasteiger partial charge in [0, 0.05) is 24.8 Å². The van der Waals surface area contributed by atoms with Crippen molar-refractivity contribution in [3.8, 4) is 0 Å². The van der Waals surface area contributed by atoms with Gasteiger partial charge in [0.25, 0.3) is 0 Å². The molecule has 102 valence electrons. The summed E-state index contributed by atoms with van der Waals surface area (Å²) in [5.74, 6) is 1.94. The van der Waals surface area contributed by atoms with E-state index in [0.717, 1.165) is 0 Å². The molecule has 0 spiro atoms. The molecule has 0 saturated heterocycles. The highest BCUT2D eigenvalue weighted by atomic mass is 16.5. The highest BCUT2D eigenvalue weighted by Crippen LogP contribution is 2.10. The van der Waals surface area contributed by atoms with Gasteiger partial charge in [0.05, 0.1) is 0 Å². The van der Waals surface area contributed by atoms with Gasteiger partial charge >= 0.3 is 0 Å². The van der Waals surface area contributed by atoms with Crippen LogP contribution in [0.3, 0.4) is 0 Å². The van der Waals surface area contributed by atoms with Crippen molar-refractivity contribution in [1.82, 2.24) is 15.5 Å². The smallest absolute Gasteiger partial charge is 0.227 e. The molecule has 1 unspecified atom stereocenters. The Balaban J connectivity index is 2.38. The van der Waals surface area contributed by atoms with Gasteiger partial charge in [0.1, 0.15) is 0 Å². The summed E-state index contributed by atoms with van der Waals surface area (Å²) in [7, 11) is 0. The summed E-state index contributed by atoms with van der Waals surface area (Å²) >= 11 is 0. The summed E-state index contributed by atoms with van der Waals surface area (Å²) in [5.41, 5.74) is 0. The van der Waals surface area contributed by atoms with E-state index >= 15 is 0 Å². The molecule has 1 rings (SSSR count). The lowest BCUT2D eigenvalue weighted by Gasteiger charge is -2.16. The van der Waals surface area contributed by atoms with E-state index in [-0.39, 0.29) is 17.9 Å². The van der Waals surface area contributed by atoms with Gasteiger partial charge in [0.2, 0.25) is 11.8 Å². The van der Waals surface area contributed by atoms with Gasteiger partial charge in [-0.15, -0.1) is 0 Å². The Bertz CT molecular complexity index is 385. The molecule has 0 fully saturated rings. The van der Waals surface area contributed by atoms with Crippen molar-refractivity contribution in [2.45, 2.75) is 59.4 Å². The minimum atomic E-state index is 0.0282. The number of nitrogens with zero attached hydrogens (tertiary/aromatic N) is 2. The Morgan fingerprint density at radius 3 is 2.44 bits per heavy atom. The molecule has 18 heavy (non-hydrogen) atoms. The molecule has 0 aliphatic heterocycles. The van der Waals surface area contributed by atoms with Crippen LogP contribution in [0.4, 0.5) is 0 Å². The van der Waals surface area contributed by atoms with Crippen molar-refractivity contribution in [2.24, 2.45) is 5.92 Å². The number of amides is 1. The second-order valence-electron chi connectivity index (χ2n) is 5.30. The molecule has 1 N–H and O–H groups in total. The number of carbonyl (C=O) groups is 1. The average Bonchev–Trinajstić information content (AvgIpc) is 2.74. The molecule has 1 aromatic heterocycles. The number of carbonyl (C=O) groups excluding carboxylic acids is 1. The highest BCUT2D eigenvalue weighted by molar-refractivity contribution is 5.76. The van der Waals surface area contributed by atoms with Crippen LogP contribution in [0.1, 0.15) is 58.7 Å². The van der Waals surface area contributed by atoms with E-state index in [1.807, 2.05) is 20.8 Å². The first-order chi connectivity index (χ1) is 8.40. The SMILES string of the molecule is CC(C)c1noc(CCC(=O)NC(C)C(C)C)n1. The number of rotatable bonds is 6. The maximum atomic E-state index is 11.7. The van der Waals surface area contributed by atoms with E-state index in [9.17, 15) is 4.79 Å². The van der Waals surface area contributed by atoms with Crippen LogP contribution >= 0.6 is 0 Å². The lowest BCUT2D eigenvalue weighted by Crippen LogP contribution is -2.36. The van der Waals surface area contributed by atoms with E-state index in [2.05, 4.69) is 29.3 Å². The summed E-state index contributed by atoms with van der Waals surface area (Å²) in [5, 5.41) is 6.82. The summed E-state index contributed by atoms with van der Waals surface area (Å²) < 4.78 is 5.09. The zero-order chi connectivity index (χ0) is 13.7. The Kier molecular flexibility index (Phi) is 5.31. The molecule has 1 aromatic rings. The Labute approximate surface area is 108 Å². The van der Waals surface area contributed by atoms with Crippen molar-refractivity contribution in [1.29, 1.82) is 0 Å². The second kappa shape index (κ2) is 6.52. The van der Waals surface area contributed by atoms with Crippen LogP contribution in [0, 0.1) is 5.92 Å². The number of hydrogen-bond donors (Lipinski definition) is 1. The second-order valence-corrected chi connectivity index (χ2v) is 5.30. The minimum Gasteiger partial charge on any atom is -0.353 e. The molecular weight excluding hydrogens is 230 g/mol. The number of nitrogens with one attached hydrogen (secondary N) is 1. The van der Waals surface area contributed by atoms with Crippen LogP contribution in [0.5, 0.6) is 0 Å². The first kappa shape index (κ1) is 14.7. The summed E-state index contributed by atoms with van der Waals surface area (Å²) in [6, 6.07) is 0.186. The topological polar surface area (TPSA) is 68.0 Å². The molecule has 1 heterocycles. The first-order valence-corrected chi connectivity index (χ1v) is 6.52. The molecule has 0 saturated carbocycles. The van der Waals surface area contributed by atoms with Crippen LogP contribution < -0.4 is 5.32 Å². The quantitative estimate of drug-likeness (QED) is 0.844. The van der Waals surface area contributed by atoms with Gasteiger partial charge in [-0.05, 0) is 12.8 Å². The minimum absolute atomic E-state index is 0.0282. The predicted octanol–water partition coefficient (Wildman–Crippen LogP) is 2.29. The monoisotopic (exact) mass is 253 g/mol. The number of aromatic nitrogens is 2. The zero-order valence-electron chi connectivity index (χ0n) is 11.9. The Morgan fingerprint density at radius 2 is 1.94 bits per heavy atom. The van der Waals surface area contributed by atoms with Gasteiger partial charge in [-0.25, -0.2) is 0 Å². The van der Waals surface area contributed by atoms with Crippen LogP contribution in [-0.4, -0.2) is 22.1 Å². The maximum Gasteiger partial charge on any atom is 0.227 e. The largest absolute Gasteiger partial charge is 0.353 e. The van der Waals surface area contributed by atoms with E-state index in [1.165, 1.54) is 0 Å². The van der Waals surface area contributed by atoms with Crippen LogP contribution in [-0.2, 0) is 11.2 Å². The van der Waals surface area contributed by atoms with E-state index in [4.69, 9.17) is 4.52 Å². The van der Waals surface area contributed by atoms with Crippen LogP contribution in [0.25, 0.3) is 0 Å². The van der Waals surface area contributed by atoms with Gasteiger partial charge in [-0.1, -0.05) is 32.9 Å². The Hall–Kier alpha value is -1.39. The fraction of sp³-hybridized carbons (Fsp3) is 0.769. The van der Waals surface area contributed by atoms with Gasteiger partial charge in [-0.2, -0.15) is 4.98 Å². The fourth-order valence-corrected chi connectivity index (χ4v) is 1.32. The van der Waals surface area contributed by atoms with Crippen LogP contribution in [0.15, 0.2) is 4.52 Å². The molecule has 5 heteroatoms. The third-order valence-corrected chi connectivity index (χ3v) is 2.95. The van der Waals surface area contributed by atoms with Crippen molar-refractivity contribution < 1.29 is 9.32 Å². The van der Waals surface area contributed by atoms with Crippen molar-refractivity contribution in [3.05, 3.63) is 11.7 Å². The summed E-state index contributed by atoms with van der Waals surface area (Å²) in [6.45, 7) is 10.2. The standard InChI is InChI=1S/C13H23N3O2/c1-8(2)10(5)14-11(17)6-7-12-15-13(9(3)4)16-18-12/h8-10H,6-7H2,1-5H3,(H,14,17). The molecule has 1 atom stereocenters. The molecule has 0 bridgehead atoms. The number of hydrogen-bond acceptors (Lipinski definition) is 4. The summed E-state index contributed by atoms with van der Waals surface area (Å²) in [6.07, 6.45) is 0.882. The van der Waals surface area contributed by atoms with Crippen molar-refractivity contribution in [2.75, 3.05) is 0 Å². The molecule has 0 radical (unpaired) electrons. The van der Waals surface area contributed by atoms with Gasteiger partial charge in [-0.3, -0.25) is 4.79 Å². The van der Waals surface area contributed by atoms with E-state index in [0.29, 0.717) is 30.5 Å². The van der Waals surface area contributed by atoms with Crippen molar-refractivity contribution >= 4 is 5.91 Å². The molecule has 0 aliphatic carbocycles. The maximum absolute atomic E-state index is 11.7. The van der Waals surface area contributed by atoms with Gasteiger partial charge < -0.3 is 9.84 Å². The van der Waals surface area contributed by atoms with Crippen LogP contribution in [0.2, 0.25) is 0 Å². The van der Waals surface area contributed by atoms with Crippen molar-refractivity contribution in [3.63, 3.8) is 0 Å². The van der Waals surface area contributed by atoms with E-state index in [1.54, 1.807) is 0 Å². The average molecular weight is 253 g/mol. The molecular formula is C13H23N3O2. The third-order valence-electron chi connectivity index (χ3n) is 2.95. The zero-order valence-corrected chi connectivity index (χ0v) is 11.9. The lowest BCUT2D eigenvalue weighted by molar-refractivity contribution is -0.122. The molecule has 0 aromatic carbocycles. The highest BCUT2D eigenvalue weighted by Gasteiger charge is 2.13.